The van der Waals surface area contributed by atoms with Gasteiger partial charge in [-0.2, -0.15) is 0 Å². The molecule has 0 aliphatic carbocycles. The van der Waals surface area contributed by atoms with Crippen LogP contribution in [0.15, 0.2) is 78.4 Å². The Kier molecular flexibility index (Phi) is 6.52. The van der Waals surface area contributed by atoms with Crippen LogP contribution in [0.25, 0.3) is 11.3 Å². The van der Waals surface area contributed by atoms with Crippen molar-refractivity contribution < 1.29 is 19.1 Å². The molecule has 0 aliphatic rings. The van der Waals surface area contributed by atoms with Gasteiger partial charge in [-0.05, 0) is 31.2 Å². The van der Waals surface area contributed by atoms with E-state index >= 15 is 0 Å². The van der Waals surface area contributed by atoms with E-state index < -0.39 is 18.5 Å². The minimum absolute atomic E-state index is 0.208. The maximum absolute atomic E-state index is 12.5. The van der Waals surface area contributed by atoms with E-state index in [1.807, 2.05) is 36.6 Å². The number of aryl methyl sites for hydroxylation is 1. The minimum atomic E-state index is -0.667. The molecule has 0 saturated carbocycles. The molecule has 0 fully saturated rings. The number of pyridine rings is 1. The highest BCUT2D eigenvalue weighted by molar-refractivity contribution is 7.14. The lowest BCUT2D eigenvalue weighted by atomic mass is 10.1. The lowest BCUT2D eigenvalue weighted by Crippen LogP contribution is -2.21. The number of nitrogens with zero attached hydrogens (tertiary/aromatic N) is 2. The Hall–Kier alpha value is -4.04. The standard InChI is InChI=1S/C24H19N3O4S/c1-16-8-10-17(11-9-16)20-15-32-24(26-20)27-22(28)14-30-23(29)19-6-2-3-7-21(19)31-18-5-4-12-25-13-18/h2-13,15H,14H2,1H3,(H,26,27,28). The fourth-order valence-electron chi connectivity index (χ4n) is 2.81. The molecule has 0 aliphatic heterocycles. The molecule has 1 N–H and O–H groups in total. The number of carbonyl (C=O) groups is 2. The summed E-state index contributed by atoms with van der Waals surface area (Å²) in [6.45, 7) is 1.57. The van der Waals surface area contributed by atoms with Crippen molar-refractivity contribution in [3.05, 3.63) is 89.6 Å². The number of para-hydroxylation sites is 1. The van der Waals surface area contributed by atoms with Crippen LogP contribution in [0.2, 0.25) is 0 Å². The van der Waals surface area contributed by atoms with E-state index in [4.69, 9.17) is 9.47 Å². The van der Waals surface area contributed by atoms with Gasteiger partial charge in [0.1, 0.15) is 17.1 Å². The molecule has 2 aromatic carbocycles. The number of rotatable bonds is 7. The average Bonchev–Trinajstić information content (AvgIpc) is 3.27. The molecule has 0 atom stereocenters. The highest BCUT2D eigenvalue weighted by Gasteiger charge is 2.16. The number of carbonyl (C=O) groups excluding carboxylic acids is 2. The molecule has 2 heterocycles. The average molecular weight is 446 g/mol. The summed E-state index contributed by atoms with van der Waals surface area (Å²) in [6.07, 6.45) is 3.16. The van der Waals surface area contributed by atoms with Gasteiger partial charge < -0.3 is 9.47 Å². The third kappa shape index (κ3) is 5.35. The van der Waals surface area contributed by atoms with Gasteiger partial charge in [-0.15, -0.1) is 11.3 Å². The monoisotopic (exact) mass is 445 g/mol. The van der Waals surface area contributed by atoms with Crippen LogP contribution < -0.4 is 10.1 Å². The number of ether oxygens (including phenoxy) is 2. The van der Waals surface area contributed by atoms with E-state index in [-0.39, 0.29) is 5.56 Å². The van der Waals surface area contributed by atoms with Gasteiger partial charge in [0.05, 0.1) is 11.9 Å². The highest BCUT2D eigenvalue weighted by Crippen LogP contribution is 2.26. The smallest absolute Gasteiger partial charge is 0.342 e. The maximum Gasteiger partial charge on any atom is 0.342 e. The van der Waals surface area contributed by atoms with Crippen LogP contribution in [0, 0.1) is 6.92 Å². The molecule has 4 rings (SSSR count). The number of esters is 1. The predicted molar refractivity (Wildman–Crippen MR) is 122 cm³/mol. The lowest BCUT2D eigenvalue weighted by molar-refractivity contribution is -0.119. The molecule has 2 aromatic heterocycles. The predicted octanol–water partition coefficient (Wildman–Crippen LogP) is 5.10. The van der Waals surface area contributed by atoms with Crippen molar-refractivity contribution in [3.8, 4) is 22.8 Å². The fourth-order valence-corrected chi connectivity index (χ4v) is 3.55. The first-order valence-electron chi connectivity index (χ1n) is 9.75. The first kappa shape index (κ1) is 21.2. The van der Waals surface area contributed by atoms with Crippen molar-refractivity contribution in [2.45, 2.75) is 6.92 Å². The number of amides is 1. The summed E-state index contributed by atoms with van der Waals surface area (Å²) in [7, 11) is 0. The Morgan fingerprint density at radius 1 is 1.03 bits per heavy atom. The van der Waals surface area contributed by atoms with E-state index in [9.17, 15) is 9.59 Å². The largest absolute Gasteiger partial charge is 0.455 e. The zero-order valence-electron chi connectivity index (χ0n) is 17.1. The first-order valence-corrected chi connectivity index (χ1v) is 10.6. The van der Waals surface area contributed by atoms with Crippen LogP contribution in [0.4, 0.5) is 5.13 Å². The zero-order chi connectivity index (χ0) is 22.3. The quantitative estimate of drug-likeness (QED) is 0.398. The minimum Gasteiger partial charge on any atom is -0.455 e. The number of nitrogens with one attached hydrogen (secondary N) is 1. The van der Waals surface area contributed by atoms with E-state index in [1.54, 1.807) is 42.6 Å². The van der Waals surface area contributed by atoms with Crippen LogP contribution >= 0.6 is 11.3 Å². The van der Waals surface area contributed by atoms with Crippen molar-refractivity contribution in [1.82, 2.24) is 9.97 Å². The molecule has 8 heteroatoms. The molecule has 0 saturated heterocycles. The van der Waals surface area contributed by atoms with Crippen molar-refractivity contribution >= 4 is 28.3 Å². The number of aromatic nitrogens is 2. The third-order valence-electron chi connectivity index (χ3n) is 4.40. The Labute approximate surface area is 188 Å². The second-order valence-electron chi connectivity index (χ2n) is 6.82. The van der Waals surface area contributed by atoms with Crippen molar-refractivity contribution in [2.24, 2.45) is 0 Å². The molecule has 160 valence electrons. The van der Waals surface area contributed by atoms with Gasteiger partial charge in [-0.1, -0.05) is 42.0 Å². The molecular weight excluding hydrogens is 426 g/mol. The van der Waals surface area contributed by atoms with Crippen LogP contribution in [0.5, 0.6) is 11.5 Å². The molecule has 0 bridgehead atoms. The van der Waals surface area contributed by atoms with E-state index in [0.717, 1.165) is 16.8 Å². The van der Waals surface area contributed by atoms with Crippen LogP contribution in [-0.2, 0) is 9.53 Å². The molecule has 0 radical (unpaired) electrons. The summed E-state index contributed by atoms with van der Waals surface area (Å²) in [5.74, 6) is -0.347. The second kappa shape index (κ2) is 9.84. The maximum atomic E-state index is 12.5. The Morgan fingerprint density at radius 3 is 2.62 bits per heavy atom. The molecule has 7 nitrogen and oxygen atoms in total. The molecule has 32 heavy (non-hydrogen) atoms. The number of anilines is 1. The third-order valence-corrected chi connectivity index (χ3v) is 5.16. The van der Waals surface area contributed by atoms with Crippen molar-refractivity contribution in [3.63, 3.8) is 0 Å². The second-order valence-corrected chi connectivity index (χ2v) is 7.67. The van der Waals surface area contributed by atoms with Gasteiger partial charge >= 0.3 is 5.97 Å². The number of hydrogen-bond donors (Lipinski definition) is 1. The van der Waals surface area contributed by atoms with Crippen LogP contribution in [-0.4, -0.2) is 28.5 Å². The lowest BCUT2D eigenvalue weighted by Gasteiger charge is -2.10. The summed E-state index contributed by atoms with van der Waals surface area (Å²) < 4.78 is 10.9. The molecular formula is C24H19N3O4S. The Bertz CT molecular complexity index is 1220. The van der Waals surface area contributed by atoms with Gasteiger partial charge in [-0.25, -0.2) is 9.78 Å². The van der Waals surface area contributed by atoms with E-state index in [1.165, 1.54) is 17.5 Å². The van der Waals surface area contributed by atoms with Gasteiger partial charge in [0.25, 0.3) is 5.91 Å². The Morgan fingerprint density at radius 2 is 1.84 bits per heavy atom. The summed E-state index contributed by atoms with van der Waals surface area (Å²) in [6, 6.07) is 18.0. The topological polar surface area (TPSA) is 90.4 Å². The van der Waals surface area contributed by atoms with Crippen molar-refractivity contribution in [2.75, 3.05) is 11.9 Å². The number of hydrogen-bond acceptors (Lipinski definition) is 7. The van der Waals surface area contributed by atoms with Gasteiger partial charge in [-0.3, -0.25) is 15.1 Å². The highest BCUT2D eigenvalue weighted by atomic mass is 32.1. The fraction of sp³-hybridized carbons (Fsp3) is 0.0833. The van der Waals surface area contributed by atoms with Gasteiger partial charge in [0.2, 0.25) is 0 Å². The molecule has 1 amide bonds. The van der Waals surface area contributed by atoms with Crippen molar-refractivity contribution in [1.29, 1.82) is 0 Å². The molecule has 4 aromatic rings. The number of benzene rings is 2. The normalized spacial score (nSPS) is 10.4. The van der Waals surface area contributed by atoms with E-state index in [2.05, 4.69) is 15.3 Å². The Balaban J connectivity index is 1.35. The summed E-state index contributed by atoms with van der Waals surface area (Å²) in [4.78, 5) is 33.2. The first-order chi connectivity index (χ1) is 15.6. The summed E-state index contributed by atoms with van der Waals surface area (Å²) >= 11 is 1.30. The van der Waals surface area contributed by atoms with Crippen LogP contribution in [0.1, 0.15) is 15.9 Å². The van der Waals surface area contributed by atoms with Crippen LogP contribution in [0.3, 0.4) is 0 Å². The zero-order valence-corrected chi connectivity index (χ0v) is 18.0. The summed E-state index contributed by atoms with van der Waals surface area (Å²) in [5, 5.41) is 4.95. The molecule has 0 spiro atoms. The van der Waals surface area contributed by atoms with Gasteiger partial charge in [0.15, 0.2) is 11.7 Å². The number of thiazole rings is 1. The summed E-state index contributed by atoms with van der Waals surface area (Å²) in [5.41, 5.74) is 3.10. The van der Waals surface area contributed by atoms with Gasteiger partial charge in [0, 0.05) is 17.1 Å². The SMILES string of the molecule is Cc1ccc(-c2csc(NC(=O)COC(=O)c3ccccc3Oc3cccnc3)n2)cc1. The van der Waals surface area contributed by atoms with E-state index in [0.29, 0.717) is 16.6 Å². The molecule has 0 unspecified atom stereocenters.